The van der Waals surface area contributed by atoms with Crippen molar-refractivity contribution >= 4 is 22.4 Å². The number of nitrogens with one attached hydrogen (secondary N) is 1. The molecule has 0 radical (unpaired) electrons. The van der Waals surface area contributed by atoms with E-state index in [2.05, 4.69) is 15.5 Å². The van der Waals surface area contributed by atoms with Gasteiger partial charge >= 0.3 is 0 Å². The lowest BCUT2D eigenvalue weighted by molar-refractivity contribution is -0.120. The minimum Gasteiger partial charge on any atom is -0.329 e. The lowest BCUT2D eigenvalue weighted by Gasteiger charge is -2.09. The molecule has 0 unspecified atom stereocenters. The van der Waals surface area contributed by atoms with Gasteiger partial charge in [0.2, 0.25) is 11.0 Å². The highest BCUT2D eigenvalue weighted by molar-refractivity contribution is 7.15. The number of hydrogen-bond donors (Lipinski definition) is 2. The molecule has 0 aromatic carbocycles. The van der Waals surface area contributed by atoms with E-state index in [0.717, 1.165) is 24.3 Å². The summed E-state index contributed by atoms with van der Waals surface area (Å²) in [5, 5.41) is 12.1. The van der Waals surface area contributed by atoms with Crippen LogP contribution in [0.4, 0.5) is 5.13 Å². The fraction of sp³-hybridized carbons (Fsp3) is 0.667. The van der Waals surface area contributed by atoms with Crippen molar-refractivity contribution in [1.29, 1.82) is 0 Å². The first-order valence-electron chi connectivity index (χ1n) is 5.04. The van der Waals surface area contributed by atoms with Gasteiger partial charge < -0.3 is 5.73 Å². The van der Waals surface area contributed by atoms with Crippen LogP contribution in [0.5, 0.6) is 0 Å². The van der Waals surface area contributed by atoms with Crippen molar-refractivity contribution in [2.45, 2.75) is 26.2 Å². The standard InChI is InChI=1S/C9H14N4OS/c1-2-6-12-13-8(15-6)11-7(14)9(5-10)3-4-9/h2-5,10H2,1H3,(H,11,13,14). The molecule has 1 aliphatic carbocycles. The summed E-state index contributed by atoms with van der Waals surface area (Å²) in [4.78, 5) is 11.8. The molecular weight excluding hydrogens is 212 g/mol. The summed E-state index contributed by atoms with van der Waals surface area (Å²) < 4.78 is 0. The van der Waals surface area contributed by atoms with Crippen LogP contribution in [0, 0.1) is 5.41 Å². The third kappa shape index (κ3) is 2.00. The second-order valence-corrected chi connectivity index (χ2v) is 4.86. The lowest BCUT2D eigenvalue weighted by atomic mass is 10.1. The number of rotatable bonds is 4. The number of hydrogen-bond acceptors (Lipinski definition) is 5. The van der Waals surface area contributed by atoms with E-state index in [1.807, 2.05) is 6.92 Å². The van der Waals surface area contributed by atoms with E-state index in [0.29, 0.717) is 11.7 Å². The largest absolute Gasteiger partial charge is 0.329 e. The molecule has 1 amide bonds. The smallest absolute Gasteiger partial charge is 0.233 e. The summed E-state index contributed by atoms with van der Waals surface area (Å²) in [6.07, 6.45) is 2.61. The highest BCUT2D eigenvalue weighted by Crippen LogP contribution is 2.45. The summed E-state index contributed by atoms with van der Waals surface area (Å²) in [7, 11) is 0. The third-order valence-corrected chi connectivity index (χ3v) is 3.70. The Labute approximate surface area is 92.1 Å². The summed E-state index contributed by atoms with van der Waals surface area (Å²) in [5.41, 5.74) is 5.24. The third-order valence-electron chi connectivity index (χ3n) is 2.72. The van der Waals surface area contributed by atoms with Crippen LogP contribution in [0.3, 0.4) is 0 Å². The molecule has 0 aliphatic heterocycles. The Balaban J connectivity index is 2.00. The highest BCUT2D eigenvalue weighted by Gasteiger charge is 2.48. The maximum Gasteiger partial charge on any atom is 0.233 e. The molecule has 15 heavy (non-hydrogen) atoms. The molecule has 1 saturated carbocycles. The number of carbonyl (C=O) groups is 1. The molecule has 0 atom stereocenters. The van der Waals surface area contributed by atoms with E-state index < -0.39 is 0 Å². The summed E-state index contributed by atoms with van der Waals surface area (Å²) >= 11 is 1.42. The molecule has 0 spiro atoms. The first kappa shape index (κ1) is 10.5. The van der Waals surface area contributed by atoms with Gasteiger partial charge in [-0.15, -0.1) is 10.2 Å². The number of nitrogens with two attached hydrogens (primary N) is 1. The normalized spacial score (nSPS) is 17.5. The van der Waals surface area contributed by atoms with E-state index in [-0.39, 0.29) is 11.3 Å². The Morgan fingerprint density at radius 1 is 1.60 bits per heavy atom. The van der Waals surface area contributed by atoms with Crippen molar-refractivity contribution in [2.75, 3.05) is 11.9 Å². The quantitative estimate of drug-likeness (QED) is 0.795. The summed E-state index contributed by atoms with van der Waals surface area (Å²) in [5.74, 6) is -0.0104. The molecule has 1 fully saturated rings. The van der Waals surface area contributed by atoms with Gasteiger partial charge in [-0.25, -0.2) is 0 Å². The lowest BCUT2D eigenvalue weighted by Crippen LogP contribution is -2.30. The van der Waals surface area contributed by atoms with Crippen molar-refractivity contribution in [1.82, 2.24) is 10.2 Å². The molecule has 2 rings (SSSR count). The zero-order chi connectivity index (χ0) is 10.9. The predicted octanol–water partition coefficient (Wildman–Crippen LogP) is 0.778. The van der Waals surface area contributed by atoms with Crippen LogP contribution in [0.2, 0.25) is 0 Å². The van der Waals surface area contributed by atoms with E-state index in [4.69, 9.17) is 5.73 Å². The molecular formula is C9H14N4OS. The maximum absolute atomic E-state index is 11.8. The average Bonchev–Trinajstić information content (AvgIpc) is 2.94. The van der Waals surface area contributed by atoms with Crippen LogP contribution >= 0.6 is 11.3 Å². The average molecular weight is 226 g/mol. The van der Waals surface area contributed by atoms with Crippen molar-refractivity contribution in [3.8, 4) is 0 Å². The second kappa shape index (κ2) is 3.86. The van der Waals surface area contributed by atoms with E-state index >= 15 is 0 Å². The van der Waals surface area contributed by atoms with Gasteiger partial charge in [0, 0.05) is 6.54 Å². The molecule has 1 heterocycles. The minimum absolute atomic E-state index is 0.0104. The monoisotopic (exact) mass is 226 g/mol. The molecule has 3 N–H and O–H groups in total. The molecule has 1 aliphatic rings. The van der Waals surface area contributed by atoms with E-state index in [1.54, 1.807) is 0 Å². The Kier molecular flexibility index (Phi) is 2.70. The van der Waals surface area contributed by atoms with E-state index in [9.17, 15) is 4.79 Å². The van der Waals surface area contributed by atoms with Crippen LogP contribution in [-0.2, 0) is 11.2 Å². The van der Waals surface area contributed by atoms with Gasteiger partial charge in [0.05, 0.1) is 5.41 Å². The number of aryl methyl sites for hydroxylation is 1. The maximum atomic E-state index is 11.8. The number of aromatic nitrogens is 2. The predicted molar refractivity (Wildman–Crippen MR) is 58.6 cm³/mol. The molecule has 0 saturated heterocycles. The van der Waals surface area contributed by atoms with Crippen molar-refractivity contribution in [3.63, 3.8) is 0 Å². The molecule has 5 nitrogen and oxygen atoms in total. The first-order chi connectivity index (χ1) is 7.20. The van der Waals surface area contributed by atoms with Gasteiger partial charge in [-0.3, -0.25) is 10.1 Å². The van der Waals surface area contributed by atoms with Gasteiger partial charge in [-0.2, -0.15) is 0 Å². The van der Waals surface area contributed by atoms with Gasteiger partial charge in [0.15, 0.2) is 0 Å². The molecule has 6 heteroatoms. The van der Waals surface area contributed by atoms with Crippen molar-refractivity contribution < 1.29 is 4.79 Å². The van der Waals surface area contributed by atoms with Crippen molar-refractivity contribution in [2.24, 2.45) is 11.1 Å². The number of carbonyl (C=O) groups excluding carboxylic acids is 1. The van der Waals surface area contributed by atoms with Gasteiger partial charge in [-0.1, -0.05) is 18.3 Å². The van der Waals surface area contributed by atoms with Crippen molar-refractivity contribution in [3.05, 3.63) is 5.01 Å². The van der Waals surface area contributed by atoms with Crippen LogP contribution in [0.15, 0.2) is 0 Å². The molecule has 1 aromatic rings. The zero-order valence-electron chi connectivity index (χ0n) is 8.62. The zero-order valence-corrected chi connectivity index (χ0v) is 9.43. The Morgan fingerprint density at radius 3 is 2.80 bits per heavy atom. The molecule has 0 bridgehead atoms. The van der Waals surface area contributed by atoms with Crippen LogP contribution in [-0.4, -0.2) is 22.6 Å². The van der Waals surface area contributed by atoms with Crippen LogP contribution in [0.25, 0.3) is 0 Å². The van der Waals surface area contributed by atoms with Gasteiger partial charge in [0.1, 0.15) is 5.01 Å². The summed E-state index contributed by atoms with van der Waals surface area (Å²) in [6, 6.07) is 0. The summed E-state index contributed by atoms with van der Waals surface area (Å²) in [6.45, 7) is 2.42. The number of nitrogens with zero attached hydrogens (tertiary/aromatic N) is 2. The number of anilines is 1. The number of amides is 1. The van der Waals surface area contributed by atoms with Crippen LogP contribution < -0.4 is 11.1 Å². The minimum atomic E-state index is -0.321. The van der Waals surface area contributed by atoms with E-state index in [1.165, 1.54) is 11.3 Å². The fourth-order valence-corrected chi connectivity index (χ4v) is 2.03. The molecule has 82 valence electrons. The molecule has 1 aromatic heterocycles. The Hall–Kier alpha value is -1.01. The van der Waals surface area contributed by atoms with Gasteiger partial charge in [0.25, 0.3) is 0 Å². The first-order valence-corrected chi connectivity index (χ1v) is 5.86. The second-order valence-electron chi connectivity index (χ2n) is 3.79. The van der Waals surface area contributed by atoms with Gasteiger partial charge in [-0.05, 0) is 19.3 Å². The Bertz CT molecular complexity index is 372. The van der Waals surface area contributed by atoms with Crippen LogP contribution in [0.1, 0.15) is 24.8 Å². The topological polar surface area (TPSA) is 80.9 Å². The SMILES string of the molecule is CCc1nnc(NC(=O)C2(CN)CC2)s1. The highest BCUT2D eigenvalue weighted by atomic mass is 32.1. The Morgan fingerprint density at radius 2 is 2.33 bits per heavy atom. The fourth-order valence-electron chi connectivity index (χ4n) is 1.35.